The molecule has 1 saturated heterocycles. The summed E-state index contributed by atoms with van der Waals surface area (Å²) in [5.74, 6) is 1.10. The summed E-state index contributed by atoms with van der Waals surface area (Å²) in [6, 6.07) is 5.40. The molecule has 0 aliphatic carbocycles. The average molecular weight is 345 g/mol. The van der Waals surface area contributed by atoms with Gasteiger partial charge in [0.15, 0.2) is 0 Å². The number of aromatic nitrogens is 2. The number of piperidine rings is 1. The molecule has 126 valence electrons. The van der Waals surface area contributed by atoms with Crippen LogP contribution in [0, 0.1) is 12.8 Å². The first-order valence-corrected chi connectivity index (χ1v) is 8.55. The molecule has 24 heavy (non-hydrogen) atoms. The average Bonchev–Trinajstić information content (AvgIpc) is 2.58. The van der Waals surface area contributed by atoms with E-state index in [1.165, 1.54) is 6.42 Å². The maximum Gasteiger partial charge on any atom is 0.258 e. The number of carbonyl (C=O) groups excluding carboxylic acids is 1. The summed E-state index contributed by atoms with van der Waals surface area (Å²) in [6.07, 6.45) is 5.56. The molecule has 1 aliphatic heterocycles. The highest BCUT2D eigenvalue weighted by atomic mass is 35.5. The number of hydrogen-bond acceptors (Lipinski definition) is 4. The van der Waals surface area contributed by atoms with Gasteiger partial charge in [0, 0.05) is 36.2 Å². The Labute approximate surface area is 147 Å². The van der Waals surface area contributed by atoms with Crippen LogP contribution in [-0.4, -0.2) is 29.0 Å². The van der Waals surface area contributed by atoms with Crippen molar-refractivity contribution in [3.05, 3.63) is 46.7 Å². The molecule has 1 aromatic carbocycles. The van der Waals surface area contributed by atoms with Gasteiger partial charge in [-0.2, -0.15) is 0 Å². The van der Waals surface area contributed by atoms with Gasteiger partial charge in [-0.05, 0) is 43.4 Å². The number of halogens is 1. The third kappa shape index (κ3) is 3.85. The van der Waals surface area contributed by atoms with Gasteiger partial charge in [0.1, 0.15) is 0 Å². The number of anilines is 2. The van der Waals surface area contributed by atoms with Crippen molar-refractivity contribution >= 4 is 29.1 Å². The highest BCUT2D eigenvalue weighted by Gasteiger charge is 2.19. The van der Waals surface area contributed by atoms with E-state index < -0.39 is 0 Å². The van der Waals surface area contributed by atoms with E-state index in [-0.39, 0.29) is 5.91 Å². The van der Waals surface area contributed by atoms with Crippen molar-refractivity contribution in [2.75, 3.05) is 23.3 Å². The summed E-state index contributed by atoms with van der Waals surface area (Å²) in [6.45, 7) is 6.09. The Kier molecular flexibility index (Phi) is 5.00. The Morgan fingerprint density at radius 2 is 2.08 bits per heavy atom. The second-order valence-electron chi connectivity index (χ2n) is 6.38. The molecular formula is C18H21ClN4O. The van der Waals surface area contributed by atoms with Crippen LogP contribution in [0.4, 0.5) is 11.6 Å². The molecule has 2 heterocycles. The fourth-order valence-corrected chi connectivity index (χ4v) is 3.07. The van der Waals surface area contributed by atoms with E-state index >= 15 is 0 Å². The van der Waals surface area contributed by atoms with Crippen LogP contribution >= 0.6 is 11.6 Å². The minimum atomic E-state index is -0.237. The van der Waals surface area contributed by atoms with E-state index in [0.29, 0.717) is 28.1 Å². The second-order valence-corrected chi connectivity index (χ2v) is 6.81. The molecule has 1 fully saturated rings. The van der Waals surface area contributed by atoms with Crippen molar-refractivity contribution in [3.63, 3.8) is 0 Å². The molecule has 6 heteroatoms. The van der Waals surface area contributed by atoms with Crippen molar-refractivity contribution in [3.8, 4) is 0 Å². The molecule has 5 nitrogen and oxygen atoms in total. The standard InChI is InChI=1S/C18H21ClN4O/c1-12-4-3-7-23(11-12)18-20-9-14(10-21-18)17(24)22-16-8-15(19)6-5-13(16)2/h5-6,8-10,12H,3-4,7,11H2,1-2H3,(H,22,24). The van der Waals surface area contributed by atoms with E-state index in [9.17, 15) is 4.79 Å². The Bertz CT molecular complexity index is 732. The molecule has 3 rings (SSSR count). The van der Waals surface area contributed by atoms with E-state index in [1.54, 1.807) is 24.5 Å². The third-order valence-electron chi connectivity index (χ3n) is 4.29. The van der Waals surface area contributed by atoms with E-state index in [1.807, 2.05) is 13.0 Å². The molecule has 0 bridgehead atoms. The lowest BCUT2D eigenvalue weighted by atomic mass is 10.0. The fraction of sp³-hybridized carbons (Fsp3) is 0.389. The first-order valence-electron chi connectivity index (χ1n) is 8.17. The largest absolute Gasteiger partial charge is 0.341 e. The Morgan fingerprint density at radius 1 is 1.33 bits per heavy atom. The minimum absolute atomic E-state index is 0.237. The first-order chi connectivity index (χ1) is 11.5. The molecule has 1 atom stereocenters. The summed E-state index contributed by atoms with van der Waals surface area (Å²) in [5, 5.41) is 3.44. The summed E-state index contributed by atoms with van der Waals surface area (Å²) in [7, 11) is 0. The smallest absolute Gasteiger partial charge is 0.258 e. The number of hydrogen-bond donors (Lipinski definition) is 1. The monoisotopic (exact) mass is 344 g/mol. The van der Waals surface area contributed by atoms with Crippen LogP contribution in [0.3, 0.4) is 0 Å². The van der Waals surface area contributed by atoms with Crippen LogP contribution in [0.25, 0.3) is 0 Å². The van der Waals surface area contributed by atoms with Gasteiger partial charge in [-0.25, -0.2) is 9.97 Å². The van der Waals surface area contributed by atoms with Crippen molar-refractivity contribution in [1.82, 2.24) is 9.97 Å². The van der Waals surface area contributed by atoms with Crippen molar-refractivity contribution in [2.45, 2.75) is 26.7 Å². The van der Waals surface area contributed by atoms with Crippen molar-refractivity contribution in [1.29, 1.82) is 0 Å². The molecular weight excluding hydrogens is 324 g/mol. The van der Waals surface area contributed by atoms with Crippen LogP contribution in [0.15, 0.2) is 30.6 Å². The normalized spacial score (nSPS) is 17.6. The summed E-state index contributed by atoms with van der Waals surface area (Å²) in [5.41, 5.74) is 2.08. The molecule has 1 aromatic heterocycles. The van der Waals surface area contributed by atoms with Crippen LogP contribution in [0.1, 0.15) is 35.7 Å². The zero-order valence-corrected chi connectivity index (χ0v) is 14.7. The predicted molar refractivity (Wildman–Crippen MR) is 96.8 cm³/mol. The number of benzene rings is 1. The Hall–Kier alpha value is -2.14. The molecule has 2 aromatic rings. The van der Waals surface area contributed by atoms with E-state index in [2.05, 4.69) is 27.1 Å². The van der Waals surface area contributed by atoms with Gasteiger partial charge >= 0.3 is 0 Å². The maximum atomic E-state index is 12.4. The third-order valence-corrected chi connectivity index (χ3v) is 4.52. The van der Waals surface area contributed by atoms with Gasteiger partial charge in [-0.1, -0.05) is 24.6 Å². The van der Waals surface area contributed by atoms with Crippen LogP contribution < -0.4 is 10.2 Å². The lowest BCUT2D eigenvalue weighted by molar-refractivity contribution is 0.102. The zero-order valence-electron chi connectivity index (χ0n) is 13.9. The van der Waals surface area contributed by atoms with Crippen molar-refractivity contribution in [2.24, 2.45) is 5.92 Å². The number of rotatable bonds is 3. The Balaban J connectivity index is 1.70. The lowest BCUT2D eigenvalue weighted by Gasteiger charge is -2.30. The molecule has 1 amide bonds. The molecule has 1 unspecified atom stereocenters. The number of nitrogens with one attached hydrogen (secondary N) is 1. The Morgan fingerprint density at radius 3 is 2.79 bits per heavy atom. The molecule has 0 spiro atoms. The topological polar surface area (TPSA) is 58.1 Å². The quantitative estimate of drug-likeness (QED) is 0.916. The fourth-order valence-electron chi connectivity index (χ4n) is 2.90. The minimum Gasteiger partial charge on any atom is -0.341 e. The zero-order chi connectivity index (χ0) is 17.1. The van der Waals surface area contributed by atoms with Gasteiger partial charge in [0.2, 0.25) is 5.95 Å². The number of nitrogens with zero attached hydrogens (tertiary/aromatic N) is 3. The molecule has 1 aliphatic rings. The van der Waals surface area contributed by atoms with Gasteiger partial charge in [0.05, 0.1) is 5.56 Å². The molecule has 0 saturated carbocycles. The number of carbonyl (C=O) groups is 1. The summed E-state index contributed by atoms with van der Waals surface area (Å²) < 4.78 is 0. The van der Waals surface area contributed by atoms with Gasteiger partial charge in [-0.3, -0.25) is 4.79 Å². The lowest BCUT2D eigenvalue weighted by Crippen LogP contribution is -2.35. The SMILES string of the molecule is Cc1ccc(Cl)cc1NC(=O)c1cnc(N2CCCC(C)C2)nc1. The van der Waals surface area contributed by atoms with E-state index in [0.717, 1.165) is 25.1 Å². The predicted octanol–water partition coefficient (Wildman–Crippen LogP) is 3.93. The van der Waals surface area contributed by atoms with Gasteiger partial charge in [0.25, 0.3) is 5.91 Å². The number of aryl methyl sites for hydroxylation is 1. The van der Waals surface area contributed by atoms with Crippen LogP contribution in [-0.2, 0) is 0 Å². The van der Waals surface area contributed by atoms with Crippen LogP contribution in [0.2, 0.25) is 5.02 Å². The molecule has 1 N–H and O–H groups in total. The highest BCUT2D eigenvalue weighted by molar-refractivity contribution is 6.31. The highest BCUT2D eigenvalue weighted by Crippen LogP contribution is 2.22. The first kappa shape index (κ1) is 16.7. The van der Waals surface area contributed by atoms with E-state index in [4.69, 9.17) is 11.6 Å². The summed E-state index contributed by atoms with van der Waals surface area (Å²) in [4.78, 5) is 23.3. The second kappa shape index (κ2) is 7.18. The van der Waals surface area contributed by atoms with Crippen molar-refractivity contribution < 1.29 is 4.79 Å². The van der Waals surface area contributed by atoms with Gasteiger partial charge in [-0.15, -0.1) is 0 Å². The molecule has 0 radical (unpaired) electrons. The van der Waals surface area contributed by atoms with Crippen LogP contribution in [0.5, 0.6) is 0 Å². The van der Waals surface area contributed by atoms with Gasteiger partial charge < -0.3 is 10.2 Å². The maximum absolute atomic E-state index is 12.4. The number of amides is 1. The summed E-state index contributed by atoms with van der Waals surface area (Å²) >= 11 is 5.98.